The van der Waals surface area contributed by atoms with Gasteiger partial charge in [-0.05, 0) is 44.6 Å². The predicted octanol–water partition coefficient (Wildman–Crippen LogP) is 3.97. The van der Waals surface area contributed by atoms with Crippen LogP contribution in [-0.2, 0) is 0 Å². The molecule has 4 rings (SSSR count). The van der Waals surface area contributed by atoms with E-state index in [1.807, 2.05) is 22.8 Å². The van der Waals surface area contributed by atoms with Crippen molar-refractivity contribution in [3.05, 3.63) is 47.5 Å². The van der Waals surface area contributed by atoms with Crippen molar-refractivity contribution in [1.29, 1.82) is 0 Å². The van der Waals surface area contributed by atoms with Gasteiger partial charge in [-0.2, -0.15) is 0 Å². The second kappa shape index (κ2) is 7.72. The summed E-state index contributed by atoms with van der Waals surface area (Å²) in [5.74, 6) is -1.00. The summed E-state index contributed by atoms with van der Waals surface area (Å²) in [4.78, 5) is 2.55. The van der Waals surface area contributed by atoms with Gasteiger partial charge in [0, 0.05) is 44.9 Å². The Labute approximate surface area is 171 Å². The first-order valence-corrected chi connectivity index (χ1v) is 9.94. The number of benzene rings is 1. The van der Waals surface area contributed by atoms with Crippen molar-refractivity contribution in [2.75, 3.05) is 6.54 Å². The molecule has 1 aromatic heterocycles. The van der Waals surface area contributed by atoms with Crippen LogP contribution in [0.4, 0.5) is 0 Å². The SMILES string of the molecule is [2H]C([2H])([2H])C(c1nnc(C)n1C1CC2CCC(C1)N2CC[C@H](N)c1ccccc1)C([2H])([2H])[2H]. The van der Waals surface area contributed by atoms with E-state index in [2.05, 4.69) is 27.2 Å². The smallest absolute Gasteiger partial charge is 0.135 e. The van der Waals surface area contributed by atoms with E-state index in [0.29, 0.717) is 17.9 Å². The van der Waals surface area contributed by atoms with Crippen molar-refractivity contribution >= 4 is 0 Å². The Balaban J connectivity index is 1.50. The van der Waals surface area contributed by atoms with Gasteiger partial charge in [0.1, 0.15) is 11.6 Å². The van der Waals surface area contributed by atoms with Crippen LogP contribution in [0.15, 0.2) is 30.3 Å². The highest BCUT2D eigenvalue weighted by molar-refractivity contribution is 5.18. The second-order valence-corrected chi connectivity index (χ2v) is 7.96. The molecule has 0 aliphatic carbocycles. The van der Waals surface area contributed by atoms with E-state index < -0.39 is 19.6 Å². The monoisotopic (exact) mass is 373 g/mol. The molecule has 146 valence electrons. The van der Waals surface area contributed by atoms with Crippen LogP contribution in [0.25, 0.3) is 0 Å². The molecule has 2 aliphatic heterocycles. The van der Waals surface area contributed by atoms with Gasteiger partial charge in [0.05, 0.1) is 0 Å². The van der Waals surface area contributed by atoms with Crippen LogP contribution in [0.1, 0.15) is 89.2 Å². The number of fused-ring (bicyclic) bond motifs is 2. The molecule has 2 fully saturated rings. The van der Waals surface area contributed by atoms with Gasteiger partial charge >= 0.3 is 0 Å². The zero-order valence-corrected chi connectivity index (χ0v) is 15.9. The van der Waals surface area contributed by atoms with Gasteiger partial charge < -0.3 is 10.3 Å². The quantitative estimate of drug-likeness (QED) is 0.832. The predicted molar refractivity (Wildman–Crippen MR) is 109 cm³/mol. The van der Waals surface area contributed by atoms with Gasteiger partial charge in [0.2, 0.25) is 0 Å². The highest BCUT2D eigenvalue weighted by atomic mass is 15.3. The topological polar surface area (TPSA) is 60.0 Å². The van der Waals surface area contributed by atoms with E-state index >= 15 is 0 Å². The molecule has 0 saturated carbocycles. The molecule has 3 atom stereocenters. The molecule has 0 radical (unpaired) electrons. The highest BCUT2D eigenvalue weighted by Gasteiger charge is 2.42. The molecule has 2 unspecified atom stereocenters. The van der Waals surface area contributed by atoms with E-state index in [1.165, 1.54) is 0 Å². The Morgan fingerprint density at radius 2 is 1.81 bits per heavy atom. The van der Waals surface area contributed by atoms with Crippen molar-refractivity contribution in [3.8, 4) is 0 Å². The summed E-state index contributed by atoms with van der Waals surface area (Å²) in [6.07, 6.45) is 4.70. The van der Waals surface area contributed by atoms with Gasteiger partial charge in [-0.15, -0.1) is 10.2 Å². The van der Waals surface area contributed by atoms with E-state index in [1.54, 1.807) is 6.92 Å². The van der Waals surface area contributed by atoms with Gasteiger partial charge in [-0.3, -0.25) is 4.90 Å². The molecular formula is C22H33N5. The third kappa shape index (κ3) is 3.67. The molecule has 27 heavy (non-hydrogen) atoms. The van der Waals surface area contributed by atoms with Crippen LogP contribution in [0.2, 0.25) is 0 Å². The van der Waals surface area contributed by atoms with E-state index in [4.69, 9.17) is 14.0 Å². The first-order valence-electron chi connectivity index (χ1n) is 12.9. The Kier molecular flexibility index (Phi) is 3.63. The fraction of sp³-hybridized carbons (Fsp3) is 0.636. The summed E-state index contributed by atoms with van der Waals surface area (Å²) >= 11 is 0. The Morgan fingerprint density at radius 3 is 2.48 bits per heavy atom. The van der Waals surface area contributed by atoms with Crippen molar-refractivity contribution < 1.29 is 8.22 Å². The summed E-state index contributed by atoms with van der Waals surface area (Å²) < 4.78 is 49.0. The lowest BCUT2D eigenvalue weighted by atomic mass is 9.95. The molecular weight excluding hydrogens is 334 g/mol. The van der Waals surface area contributed by atoms with E-state index in [0.717, 1.165) is 44.2 Å². The van der Waals surface area contributed by atoms with E-state index in [-0.39, 0.29) is 17.9 Å². The fourth-order valence-electron chi connectivity index (χ4n) is 5.01. The highest BCUT2D eigenvalue weighted by Crippen LogP contribution is 2.42. The van der Waals surface area contributed by atoms with Gasteiger partial charge in [-0.25, -0.2) is 0 Å². The van der Waals surface area contributed by atoms with Gasteiger partial charge in [0.15, 0.2) is 0 Å². The standard InChI is InChI=1S/C22H33N5/c1-15(2)22-25-24-16(3)27(22)20-13-18-9-10-19(14-20)26(18)12-11-21(23)17-7-5-4-6-8-17/h4-8,15,18-21H,9-14,23H2,1-3H3/t18?,19?,20?,21-/m0/s1/i1D3,2D3. The van der Waals surface area contributed by atoms with Crippen molar-refractivity contribution in [2.45, 2.75) is 82.8 Å². The maximum Gasteiger partial charge on any atom is 0.135 e. The van der Waals surface area contributed by atoms with Crippen LogP contribution >= 0.6 is 0 Å². The van der Waals surface area contributed by atoms with Crippen LogP contribution in [0.3, 0.4) is 0 Å². The molecule has 5 heteroatoms. The maximum atomic E-state index is 7.86. The number of piperidine rings is 1. The average Bonchev–Trinajstić information content (AvgIpc) is 3.19. The number of hydrogen-bond acceptors (Lipinski definition) is 4. The number of aryl methyl sites for hydroxylation is 1. The lowest BCUT2D eigenvalue weighted by Crippen LogP contribution is -2.44. The molecule has 2 bridgehead atoms. The molecule has 3 heterocycles. The first-order chi connectivity index (χ1) is 15.5. The molecule has 5 nitrogen and oxygen atoms in total. The lowest BCUT2D eigenvalue weighted by molar-refractivity contribution is 0.101. The third-order valence-electron chi connectivity index (χ3n) is 6.30. The summed E-state index contributed by atoms with van der Waals surface area (Å²) in [6, 6.07) is 10.9. The summed E-state index contributed by atoms with van der Waals surface area (Å²) in [7, 11) is 0. The molecule has 0 amide bonds. The Bertz CT molecular complexity index is 913. The third-order valence-corrected chi connectivity index (χ3v) is 6.30. The van der Waals surface area contributed by atoms with Crippen molar-refractivity contribution in [1.82, 2.24) is 19.7 Å². The normalized spacial score (nSPS) is 30.9. The Morgan fingerprint density at radius 1 is 1.11 bits per heavy atom. The van der Waals surface area contributed by atoms with Crippen LogP contribution in [-0.4, -0.2) is 38.3 Å². The number of hydrogen-bond donors (Lipinski definition) is 1. The fourth-order valence-corrected chi connectivity index (χ4v) is 5.01. The molecule has 0 spiro atoms. The minimum atomic E-state index is -2.68. The zero-order valence-electron chi connectivity index (χ0n) is 21.9. The van der Waals surface area contributed by atoms with Crippen molar-refractivity contribution in [2.24, 2.45) is 5.73 Å². The second-order valence-electron chi connectivity index (χ2n) is 7.96. The lowest BCUT2D eigenvalue weighted by Gasteiger charge is -2.40. The van der Waals surface area contributed by atoms with Gasteiger partial charge in [-0.1, -0.05) is 44.0 Å². The number of nitrogens with two attached hydrogens (primary N) is 1. The summed E-state index contributed by atoms with van der Waals surface area (Å²) in [5, 5.41) is 8.17. The molecule has 2 N–H and O–H groups in total. The van der Waals surface area contributed by atoms with Crippen LogP contribution in [0, 0.1) is 6.92 Å². The number of aromatic nitrogens is 3. The Hall–Kier alpha value is -1.72. The minimum absolute atomic E-state index is 0.00116. The van der Waals surface area contributed by atoms with Gasteiger partial charge in [0.25, 0.3) is 0 Å². The number of nitrogens with zero attached hydrogens (tertiary/aromatic N) is 4. The minimum Gasteiger partial charge on any atom is -0.324 e. The molecule has 2 aliphatic rings. The van der Waals surface area contributed by atoms with E-state index in [9.17, 15) is 0 Å². The van der Waals surface area contributed by atoms with Crippen LogP contribution < -0.4 is 5.73 Å². The largest absolute Gasteiger partial charge is 0.324 e. The van der Waals surface area contributed by atoms with Crippen molar-refractivity contribution in [3.63, 3.8) is 0 Å². The summed E-state index contributed by atoms with van der Waals surface area (Å²) in [5.41, 5.74) is 7.57. The number of rotatable bonds is 6. The zero-order chi connectivity index (χ0) is 24.0. The average molecular weight is 374 g/mol. The first kappa shape index (κ1) is 12.7. The molecule has 2 saturated heterocycles. The summed E-state index contributed by atoms with van der Waals surface area (Å²) in [6.45, 7) is -2.68. The van der Waals surface area contributed by atoms with Crippen LogP contribution in [0.5, 0.6) is 0 Å². The molecule has 2 aromatic rings. The maximum absolute atomic E-state index is 7.86. The molecule has 1 aromatic carbocycles.